The largest absolute Gasteiger partial charge is 0.483 e. The molecule has 1 N–H and O–H groups in total. The fourth-order valence-electron chi connectivity index (χ4n) is 3.60. The van der Waals surface area contributed by atoms with E-state index in [1.165, 1.54) is 12.8 Å². The smallest absolute Gasteiger partial charge is 0.290 e. The number of methoxy groups -OCH3 is 1. The van der Waals surface area contributed by atoms with Crippen LogP contribution < -0.4 is 0 Å². The normalized spacial score (nSPS) is 15.6. The molecule has 0 aromatic carbocycles. The summed E-state index contributed by atoms with van der Waals surface area (Å²) in [5.41, 5.74) is 5.44. The van der Waals surface area contributed by atoms with Gasteiger partial charge in [-0.3, -0.25) is 4.79 Å². The Hall–Kier alpha value is -3.10. The number of hydrogen-bond donors (Lipinski definition) is 1. The summed E-state index contributed by atoms with van der Waals surface area (Å²) in [6, 6.07) is 9.95. The summed E-state index contributed by atoms with van der Waals surface area (Å²) >= 11 is 0. The first kappa shape index (κ1) is 24.9. The molecule has 0 amide bonds. The van der Waals surface area contributed by atoms with Crippen molar-refractivity contribution < 1.29 is 14.6 Å². The van der Waals surface area contributed by atoms with E-state index in [0.717, 1.165) is 22.4 Å². The summed E-state index contributed by atoms with van der Waals surface area (Å²) < 4.78 is 7.15. The minimum Gasteiger partial charge on any atom is -0.483 e. The third-order valence-corrected chi connectivity index (χ3v) is 5.03. The van der Waals surface area contributed by atoms with E-state index < -0.39 is 0 Å². The van der Waals surface area contributed by atoms with Crippen LogP contribution in [0.3, 0.4) is 0 Å². The molecule has 5 heteroatoms. The van der Waals surface area contributed by atoms with Gasteiger partial charge in [-0.2, -0.15) is 5.26 Å². The summed E-state index contributed by atoms with van der Waals surface area (Å²) in [4.78, 5) is 8.36. The predicted molar refractivity (Wildman–Crippen MR) is 122 cm³/mol. The van der Waals surface area contributed by atoms with Crippen molar-refractivity contribution >= 4 is 17.6 Å². The average Bonchev–Trinajstić information content (AvgIpc) is 3.18. The van der Waals surface area contributed by atoms with Crippen molar-refractivity contribution in [2.24, 2.45) is 5.41 Å². The van der Waals surface area contributed by atoms with Crippen molar-refractivity contribution in [1.82, 2.24) is 4.40 Å². The third kappa shape index (κ3) is 6.47. The van der Waals surface area contributed by atoms with Crippen LogP contribution in [0.1, 0.15) is 51.8 Å². The summed E-state index contributed by atoms with van der Waals surface area (Å²) in [6.45, 7) is 12.3. The van der Waals surface area contributed by atoms with E-state index in [9.17, 15) is 0 Å². The Balaban J connectivity index is 0.000000338. The molecule has 0 saturated heterocycles. The Kier molecular flexibility index (Phi) is 9.80. The van der Waals surface area contributed by atoms with Crippen molar-refractivity contribution in [3.8, 4) is 6.07 Å². The van der Waals surface area contributed by atoms with Gasteiger partial charge in [0, 0.05) is 18.9 Å². The highest BCUT2D eigenvalue weighted by molar-refractivity contribution is 5.78. The van der Waals surface area contributed by atoms with E-state index in [1.54, 1.807) is 7.11 Å². The van der Waals surface area contributed by atoms with Gasteiger partial charge in [0.25, 0.3) is 6.47 Å². The van der Waals surface area contributed by atoms with Gasteiger partial charge >= 0.3 is 0 Å². The number of allylic oxidation sites excluding steroid dienone is 5. The molecule has 1 saturated carbocycles. The molecule has 1 fully saturated rings. The topological polar surface area (TPSA) is 74.7 Å². The van der Waals surface area contributed by atoms with Crippen LogP contribution in [0.25, 0.3) is 11.1 Å². The number of aromatic nitrogens is 1. The molecule has 2 aromatic rings. The summed E-state index contributed by atoms with van der Waals surface area (Å²) in [5, 5.41) is 16.0. The number of fused-ring (bicyclic) bond motifs is 1. The summed E-state index contributed by atoms with van der Waals surface area (Å²) in [6.07, 6.45) is 10.9. The quantitative estimate of drug-likeness (QED) is 0.507. The Bertz CT molecular complexity index is 950. The van der Waals surface area contributed by atoms with Crippen LogP contribution >= 0.6 is 0 Å². The van der Waals surface area contributed by atoms with E-state index in [0.29, 0.717) is 17.1 Å². The Morgan fingerprint density at radius 1 is 1.37 bits per heavy atom. The number of carboxylic acid groups (broad SMARTS) is 1. The summed E-state index contributed by atoms with van der Waals surface area (Å²) in [5.74, 6) is 0. The number of nitrogens with zero attached hydrogens (tertiary/aromatic N) is 2. The highest BCUT2D eigenvalue weighted by atomic mass is 16.5. The Morgan fingerprint density at radius 3 is 2.43 bits per heavy atom. The van der Waals surface area contributed by atoms with Crippen molar-refractivity contribution in [1.29, 1.82) is 5.26 Å². The summed E-state index contributed by atoms with van der Waals surface area (Å²) in [7, 11) is 1.79. The molecule has 1 aliphatic rings. The molecule has 30 heavy (non-hydrogen) atoms. The molecule has 0 spiro atoms. The fraction of sp³-hybridized carbons (Fsp3) is 0.360. The molecular formula is C25H32N2O3. The first-order valence-electron chi connectivity index (χ1n) is 9.85. The van der Waals surface area contributed by atoms with Gasteiger partial charge in [0.2, 0.25) is 0 Å². The standard InChI is InChI=1S/C17H16N2.C7H14O.CH2O2/c1-4-7-13(3)15(5-2)17-10-9-14(12-18)16-8-6-11-19(16)17;1-7(2)4-6(5-7)8-3;2-1-3/h4-11H,2H2,1,3H3;6H,4-5H2,1-3H3;1H,(H,2,3)/b7-4-,15-13+;;. The van der Waals surface area contributed by atoms with Crippen molar-refractivity contribution in [3.05, 3.63) is 72.1 Å². The molecule has 2 aromatic heterocycles. The molecule has 2 heterocycles. The van der Waals surface area contributed by atoms with Gasteiger partial charge in [-0.05, 0) is 61.9 Å². The highest BCUT2D eigenvalue weighted by Crippen LogP contribution is 2.41. The molecule has 0 bridgehead atoms. The van der Waals surface area contributed by atoms with Crippen molar-refractivity contribution in [2.75, 3.05) is 7.11 Å². The number of rotatable bonds is 4. The Labute approximate surface area is 179 Å². The number of pyridine rings is 1. The van der Waals surface area contributed by atoms with Gasteiger partial charge in [0.15, 0.2) is 0 Å². The van der Waals surface area contributed by atoms with Crippen LogP contribution in [0.2, 0.25) is 0 Å². The van der Waals surface area contributed by atoms with E-state index >= 15 is 0 Å². The maximum atomic E-state index is 9.13. The zero-order valence-electron chi connectivity index (χ0n) is 18.6. The lowest BCUT2D eigenvalue weighted by Crippen LogP contribution is -2.37. The van der Waals surface area contributed by atoms with Crippen molar-refractivity contribution in [2.45, 2.75) is 46.6 Å². The third-order valence-electron chi connectivity index (χ3n) is 5.03. The minimum atomic E-state index is -0.250. The van der Waals surface area contributed by atoms with Crippen molar-refractivity contribution in [3.63, 3.8) is 0 Å². The average molecular weight is 409 g/mol. The molecule has 0 unspecified atom stereocenters. The second-order valence-corrected chi connectivity index (χ2v) is 7.84. The van der Waals surface area contributed by atoms with E-state index in [1.807, 2.05) is 53.9 Å². The van der Waals surface area contributed by atoms with Gasteiger partial charge < -0.3 is 14.2 Å². The maximum Gasteiger partial charge on any atom is 0.290 e. The van der Waals surface area contributed by atoms with Gasteiger partial charge in [0.1, 0.15) is 6.07 Å². The van der Waals surface area contributed by atoms with Crippen LogP contribution in [0, 0.1) is 16.7 Å². The molecule has 3 rings (SSSR count). The molecule has 5 nitrogen and oxygen atoms in total. The van der Waals surface area contributed by atoms with Crippen LogP contribution in [0.4, 0.5) is 0 Å². The lowest BCUT2D eigenvalue weighted by atomic mass is 9.70. The molecule has 0 radical (unpaired) electrons. The van der Waals surface area contributed by atoms with Crippen LogP contribution in [-0.2, 0) is 9.53 Å². The lowest BCUT2D eigenvalue weighted by Gasteiger charge is -2.41. The Morgan fingerprint density at radius 2 is 2.00 bits per heavy atom. The highest BCUT2D eigenvalue weighted by Gasteiger charge is 2.35. The number of nitriles is 1. The first-order chi connectivity index (χ1) is 14.3. The fourth-order valence-corrected chi connectivity index (χ4v) is 3.60. The number of carbonyl (C=O) groups is 1. The van der Waals surface area contributed by atoms with Gasteiger partial charge in [-0.25, -0.2) is 0 Å². The monoisotopic (exact) mass is 408 g/mol. The second-order valence-electron chi connectivity index (χ2n) is 7.84. The zero-order valence-corrected chi connectivity index (χ0v) is 18.6. The molecule has 0 aliphatic heterocycles. The molecule has 0 atom stereocenters. The van der Waals surface area contributed by atoms with E-state index in [4.69, 9.17) is 19.9 Å². The van der Waals surface area contributed by atoms with E-state index in [2.05, 4.69) is 39.5 Å². The van der Waals surface area contributed by atoms with E-state index in [-0.39, 0.29) is 6.47 Å². The molecular weight excluding hydrogens is 376 g/mol. The van der Waals surface area contributed by atoms with Crippen LogP contribution in [0.15, 0.2) is 60.8 Å². The van der Waals surface area contributed by atoms with Gasteiger partial charge in [-0.15, -0.1) is 0 Å². The van der Waals surface area contributed by atoms with Crippen LogP contribution in [0.5, 0.6) is 0 Å². The first-order valence-corrected chi connectivity index (χ1v) is 9.85. The molecule has 160 valence electrons. The van der Waals surface area contributed by atoms with Gasteiger partial charge in [-0.1, -0.05) is 38.7 Å². The number of hydrogen-bond acceptors (Lipinski definition) is 3. The molecule has 1 aliphatic carbocycles. The predicted octanol–water partition coefficient (Wildman–Crippen LogP) is 5.87. The second kappa shape index (κ2) is 11.8. The zero-order chi connectivity index (χ0) is 22.7. The van der Waals surface area contributed by atoms with Crippen LogP contribution in [-0.4, -0.2) is 29.2 Å². The maximum absolute atomic E-state index is 9.13. The van der Waals surface area contributed by atoms with Gasteiger partial charge in [0.05, 0.1) is 22.9 Å². The SMILES string of the molecule is C=C/C(=C(C)\C=C/C)c1ccc(C#N)c2cccn12.COC1CC(C)(C)C1.O=CO. The lowest BCUT2D eigenvalue weighted by molar-refractivity contribution is -0.122. The number of ether oxygens (including phenoxy) is 1. The minimum absolute atomic E-state index is 0.250.